The van der Waals surface area contributed by atoms with E-state index in [1.165, 1.54) is 199 Å². The Morgan fingerprint density at radius 3 is 1.11 bits per heavy atom. The maximum atomic E-state index is 13.3. The average molecular weight is 903 g/mol. The lowest BCUT2D eigenvalue weighted by Gasteiger charge is -2.24. The number of carbonyl (C=O) groups is 2. The zero-order valence-electron chi connectivity index (χ0n) is 43.2. The van der Waals surface area contributed by atoms with E-state index in [2.05, 4.69) is 50.4 Å². The third-order valence-corrected chi connectivity index (χ3v) is 13.3. The van der Waals surface area contributed by atoms with E-state index < -0.39 is 18.2 Å². The van der Waals surface area contributed by atoms with E-state index in [-0.39, 0.29) is 24.9 Å². The van der Waals surface area contributed by atoms with E-state index >= 15 is 0 Å². The second-order valence-electron chi connectivity index (χ2n) is 19.7. The third-order valence-electron chi connectivity index (χ3n) is 13.3. The lowest BCUT2D eigenvalue weighted by Crippen LogP contribution is -2.46. The fourth-order valence-electron chi connectivity index (χ4n) is 8.89. The van der Waals surface area contributed by atoms with Gasteiger partial charge in [-0.2, -0.15) is 0 Å². The van der Waals surface area contributed by atoms with Crippen LogP contribution < -0.4 is 5.32 Å². The Labute approximate surface area is 399 Å². The number of esters is 1. The van der Waals surface area contributed by atoms with Crippen molar-refractivity contribution in [3.63, 3.8) is 0 Å². The Morgan fingerprint density at radius 2 is 0.750 bits per heavy atom. The van der Waals surface area contributed by atoms with Crippen LogP contribution in [0.4, 0.5) is 0 Å². The molecule has 0 heterocycles. The highest BCUT2D eigenvalue weighted by atomic mass is 16.5. The fraction of sp³-hybridized carbons (Fsp3) is 0.897. The Balaban J connectivity index is 4.56. The number of hydrogen-bond donors (Lipinski definition) is 3. The SMILES string of the molecule is CCCCCCCC/C=C/CCCCCCCC(CC(=O)NC(CO)C(O)CCCCCCCCCCCCCCCC)OC(=O)CCCCCCC/C=C/CCCCCCCCC. The number of aliphatic hydroxyl groups excluding tert-OH is 2. The monoisotopic (exact) mass is 902 g/mol. The number of aliphatic hydroxyl groups is 2. The summed E-state index contributed by atoms with van der Waals surface area (Å²) in [5.74, 6) is -0.476. The van der Waals surface area contributed by atoms with Crippen LogP contribution in [-0.4, -0.2) is 46.9 Å². The number of carbonyl (C=O) groups excluding carboxylic acids is 2. The molecule has 0 aliphatic rings. The van der Waals surface area contributed by atoms with Gasteiger partial charge in [0.1, 0.15) is 6.10 Å². The standard InChI is InChI=1S/C58H111NO5/c1-4-7-10-13-16-19-22-25-28-30-33-36-39-42-45-48-51-58(63)64-54(49-46-43-40-37-34-31-29-26-23-20-17-14-11-8-5-2)52-57(62)59-55(53-60)56(61)50-47-44-41-38-35-32-27-24-21-18-15-12-9-6-3/h26,28-30,54-56,60-61H,4-25,27,31-53H2,1-3H3,(H,59,62)/b29-26+,30-28+. The summed E-state index contributed by atoms with van der Waals surface area (Å²) in [6, 6.07) is -0.703. The van der Waals surface area contributed by atoms with E-state index in [9.17, 15) is 19.8 Å². The Kier molecular flexibility index (Phi) is 51.0. The van der Waals surface area contributed by atoms with Crippen molar-refractivity contribution in [3.05, 3.63) is 24.3 Å². The molecule has 0 rings (SSSR count). The first-order valence-corrected chi connectivity index (χ1v) is 28.6. The highest BCUT2D eigenvalue weighted by Gasteiger charge is 2.24. The van der Waals surface area contributed by atoms with E-state index in [1.54, 1.807) is 0 Å². The van der Waals surface area contributed by atoms with Gasteiger partial charge in [-0.05, 0) is 77.0 Å². The predicted octanol–water partition coefficient (Wildman–Crippen LogP) is 17.5. The van der Waals surface area contributed by atoms with Gasteiger partial charge in [0.05, 0.1) is 25.2 Å². The number of rotatable bonds is 52. The first-order valence-electron chi connectivity index (χ1n) is 28.6. The molecule has 0 fully saturated rings. The van der Waals surface area contributed by atoms with Crippen molar-refractivity contribution in [2.45, 2.75) is 328 Å². The minimum atomic E-state index is -0.788. The Hall–Kier alpha value is -1.66. The van der Waals surface area contributed by atoms with Crippen LogP contribution in [-0.2, 0) is 14.3 Å². The highest BCUT2D eigenvalue weighted by Crippen LogP contribution is 2.18. The van der Waals surface area contributed by atoms with Crippen LogP contribution in [0.15, 0.2) is 24.3 Å². The summed E-state index contributed by atoms with van der Waals surface area (Å²) in [5, 5.41) is 23.9. The molecule has 0 aliphatic heterocycles. The Bertz CT molecular complexity index is 1010. The van der Waals surface area contributed by atoms with Crippen molar-refractivity contribution in [1.29, 1.82) is 0 Å². The Morgan fingerprint density at radius 1 is 0.438 bits per heavy atom. The van der Waals surface area contributed by atoms with Gasteiger partial charge in [0, 0.05) is 6.42 Å². The molecule has 0 spiro atoms. The maximum Gasteiger partial charge on any atom is 0.306 e. The van der Waals surface area contributed by atoms with Crippen LogP contribution in [0.5, 0.6) is 0 Å². The first-order chi connectivity index (χ1) is 31.5. The fourth-order valence-corrected chi connectivity index (χ4v) is 8.89. The van der Waals surface area contributed by atoms with Crippen LogP contribution in [0.1, 0.15) is 310 Å². The predicted molar refractivity (Wildman–Crippen MR) is 278 cm³/mol. The molecule has 0 saturated heterocycles. The van der Waals surface area contributed by atoms with Gasteiger partial charge in [-0.1, -0.05) is 244 Å². The van der Waals surface area contributed by atoms with E-state index in [4.69, 9.17) is 4.74 Å². The number of hydrogen-bond acceptors (Lipinski definition) is 5. The number of nitrogens with one attached hydrogen (secondary N) is 1. The topological polar surface area (TPSA) is 95.9 Å². The molecular weight excluding hydrogens is 791 g/mol. The smallest absolute Gasteiger partial charge is 0.306 e. The van der Waals surface area contributed by atoms with Crippen molar-refractivity contribution in [2.75, 3.05) is 6.61 Å². The van der Waals surface area contributed by atoms with Gasteiger partial charge in [0.15, 0.2) is 0 Å². The molecule has 6 nitrogen and oxygen atoms in total. The van der Waals surface area contributed by atoms with Gasteiger partial charge in [-0.3, -0.25) is 9.59 Å². The highest BCUT2D eigenvalue weighted by molar-refractivity contribution is 5.77. The van der Waals surface area contributed by atoms with E-state index in [1.807, 2.05) is 0 Å². The van der Waals surface area contributed by atoms with Gasteiger partial charge >= 0.3 is 5.97 Å². The lowest BCUT2D eigenvalue weighted by molar-refractivity contribution is -0.151. The third kappa shape index (κ3) is 46.9. The van der Waals surface area contributed by atoms with Crippen molar-refractivity contribution in [1.82, 2.24) is 5.32 Å². The number of ether oxygens (including phenoxy) is 1. The number of amides is 1. The van der Waals surface area contributed by atoms with Gasteiger partial charge < -0.3 is 20.3 Å². The second kappa shape index (κ2) is 52.3. The molecule has 0 radical (unpaired) electrons. The average Bonchev–Trinajstić information content (AvgIpc) is 3.29. The molecule has 3 atom stereocenters. The molecule has 0 aliphatic carbocycles. The van der Waals surface area contributed by atoms with Gasteiger partial charge in [-0.25, -0.2) is 0 Å². The zero-order valence-corrected chi connectivity index (χ0v) is 43.2. The van der Waals surface area contributed by atoms with Crippen LogP contribution in [0.25, 0.3) is 0 Å². The molecule has 1 amide bonds. The summed E-state index contributed by atoms with van der Waals surface area (Å²) in [7, 11) is 0. The van der Waals surface area contributed by atoms with Crippen molar-refractivity contribution < 1.29 is 24.5 Å². The van der Waals surface area contributed by atoms with Gasteiger partial charge in [0.25, 0.3) is 0 Å². The first kappa shape index (κ1) is 62.3. The van der Waals surface area contributed by atoms with Crippen molar-refractivity contribution in [2.24, 2.45) is 0 Å². The minimum absolute atomic E-state index is 0.0731. The summed E-state index contributed by atoms with van der Waals surface area (Å²) in [4.78, 5) is 26.2. The molecule has 0 saturated carbocycles. The van der Waals surface area contributed by atoms with Crippen molar-refractivity contribution in [3.8, 4) is 0 Å². The summed E-state index contributed by atoms with van der Waals surface area (Å²) in [5.41, 5.74) is 0. The van der Waals surface area contributed by atoms with E-state index in [0.717, 1.165) is 64.2 Å². The largest absolute Gasteiger partial charge is 0.462 e. The second-order valence-corrected chi connectivity index (χ2v) is 19.7. The summed E-state index contributed by atoms with van der Waals surface area (Å²) in [6.07, 6.45) is 60.9. The van der Waals surface area contributed by atoms with Gasteiger partial charge in [-0.15, -0.1) is 0 Å². The summed E-state index contributed by atoms with van der Waals surface area (Å²) < 4.78 is 5.95. The molecule has 64 heavy (non-hydrogen) atoms. The summed E-state index contributed by atoms with van der Waals surface area (Å²) in [6.45, 7) is 6.51. The maximum absolute atomic E-state index is 13.3. The molecule has 3 N–H and O–H groups in total. The van der Waals surface area contributed by atoms with Crippen LogP contribution in [0, 0.1) is 0 Å². The van der Waals surface area contributed by atoms with Crippen LogP contribution in [0.3, 0.4) is 0 Å². The molecule has 0 aromatic heterocycles. The normalized spacial score (nSPS) is 13.3. The number of allylic oxidation sites excluding steroid dienone is 4. The number of unbranched alkanes of at least 4 members (excludes halogenated alkanes) is 36. The quantitative estimate of drug-likeness (QED) is 0.0321. The van der Waals surface area contributed by atoms with Crippen LogP contribution >= 0.6 is 0 Å². The van der Waals surface area contributed by atoms with Gasteiger partial charge in [0.2, 0.25) is 5.91 Å². The lowest BCUT2D eigenvalue weighted by atomic mass is 10.0. The van der Waals surface area contributed by atoms with E-state index in [0.29, 0.717) is 19.3 Å². The van der Waals surface area contributed by atoms with Crippen LogP contribution in [0.2, 0.25) is 0 Å². The molecule has 0 aromatic carbocycles. The molecule has 3 unspecified atom stereocenters. The summed E-state index contributed by atoms with van der Waals surface area (Å²) >= 11 is 0. The minimum Gasteiger partial charge on any atom is -0.462 e. The van der Waals surface area contributed by atoms with Crippen molar-refractivity contribution >= 4 is 11.9 Å². The molecule has 378 valence electrons. The molecule has 0 bridgehead atoms. The zero-order chi connectivity index (χ0) is 46.7. The molecule has 0 aromatic rings. The molecular formula is C58H111NO5. The molecule has 6 heteroatoms.